The first-order valence-electron chi connectivity index (χ1n) is 5.52. The molecule has 0 saturated carbocycles. The first kappa shape index (κ1) is 11.5. The van der Waals surface area contributed by atoms with Crippen LogP contribution in [-0.2, 0) is 9.53 Å². The fraction of sp³-hybridized carbons (Fsp3) is 0.909. The molecule has 1 heterocycles. The summed E-state index contributed by atoms with van der Waals surface area (Å²) in [5.41, 5.74) is 0. The topological polar surface area (TPSA) is 26.3 Å². The summed E-state index contributed by atoms with van der Waals surface area (Å²) >= 11 is 0. The normalized spacial score (nSPS) is 32.6. The van der Waals surface area contributed by atoms with Crippen molar-refractivity contribution >= 4 is 5.97 Å². The van der Waals surface area contributed by atoms with Crippen LogP contribution in [0.3, 0.4) is 0 Å². The predicted molar refractivity (Wildman–Crippen MR) is 55.9 cm³/mol. The molecule has 0 amide bonds. The fourth-order valence-electron chi connectivity index (χ4n) is 2.17. The van der Waals surface area contributed by atoms with E-state index < -0.39 is 0 Å². The van der Waals surface area contributed by atoms with Gasteiger partial charge in [-0.05, 0) is 26.2 Å². The van der Waals surface area contributed by atoms with Crippen molar-refractivity contribution in [1.29, 1.82) is 0 Å². The van der Waals surface area contributed by atoms with Crippen LogP contribution >= 0.6 is 0 Å². The number of quaternary nitrogens is 1. The summed E-state index contributed by atoms with van der Waals surface area (Å²) in [4.78, 5) is 10.6. The van der Waals surface area contributed by atoms with Crippen molar-refractivity contribution < 1.29 is 14.0 Å². The zero-order chi connectivity index (χ0) is 10.6. The van der Waals surface area contributed by atoms with Crippen LogP contribution in [-0.4, -0.2) is 43.2 Å². The summed E-state index contributed by atoms with van der Waals surface area (Å²) in [6.07, 6.45) is 3.96. The molecule has 0 aromatic heterocycles. The second-order valence-corrected chi connectivity index (χ2v) is 4.61. The Bertz CT molecular complexity index is 205. The van der Waals surface area contributed by atoms with Crippen molar-refractivity contribution in [1.82, 2.24) is 0 Å². The van der Waals surface area contributed by atoms with Crippen LogP contribution in [0.25, 0.3) is 0 Å². The Morgan fingerprint density at radius 2 is 2.21 bits per heavy atom. The number of likely N-dealkylation sites (tertiary alicyclic amines) is 1. The van der Waals surface area contributed by atoms with E-state index in [4.69, 9.17) is 4.74 Å². The molecule has 0 radical (unpaired) electrons. The number of rotatable bonds is 3. The van der Waals surface area contributed by atoms with Gasteiger partial charge in [0.25, 0.3) is 0 Å². The van der Waals surface area contributed by atoms with Crippen LogP contribution in [0, 0.1) is 0 Å². The number of hydrogen-bond donors (Lipinski definition) is 0. The molecule has 14 heavy (non-hydrogen) atoms. The van der Waals surface area contributed by atoms with E-state index >= 15 is 0 Å². The van der Waals surface area contributed by atoms with Gasteiger partial charge in [-0.3, -0.25) is 4.79 Å². The highest BCUT2D eigenvalue weighted by molar-refractivity contribution is 5.65. The van der Waals surface area contributed by atoms with Gasteiger partial charge in [-0.1, -0.05) is 0 Å². The molecule has 0 aromatic carbocycles. The quantitative estimate of drug-likeness (QED) is 0.510. The molecule has 2 unspecified atom stereocenters. The molecule has 0 spiro atoms. The zero-order valence-corrected chi connectivity index (χ0v) is 9.58. The van der Waals surface area contributed by atoms with Crippen molar-refractivity contribution in [3.8, 4) is 0 Å². The highest BCUT2D eigenvalue weighted by atomic mass is 16.5. The first-order valence-corrected chi connectivity index (χ1v) is 5.52. The van der Waals surface area contributed by atoms with Crippen molar-refractivity contribution in [3.63, 3.8) is 0 Å². The molecule has 3 heteroatoms. The number of carbonyl (C=O) groups is 1. The molecule has 1 aliphatic rings. The highest BCUT2D eigenvalue weighted by Crippen LogP contribution is 2.22. The van der Waals surface area contributed by atoms with E-state index in [1.807, 2.05) is 0 Å². The van der Waals surface area contributed by atoms with Crippen molar-refractivity contribution in [2.75, 3.05) is 26.7 Å². The van der Waals surface area contributed by atoms with Crippen molar-refractivity contribution in [2.45, 2.75) is 39.2 Å². The van der Waals surface area contributed by atoms with Gasteiger partial charge in [-0.25, -0.2) is 0 Å². The lowest BCUT2D eigenvalue weighted by Gasteiger charge is -2.43. The molecule has 0 N–H and O–H groups in total. The molecular formula is C11H22NO2+. The smallest absolute Gasteiger partial charge is 0.302 e. The number of ether oxygens (including phenoxy) is 1. The monoisotopic (exact) mass is 200 g/mol. The molecule has 1 rings (SSSR count). The Hall–Kier alpha value is -0.570. The van der Waals surface area contributed by atoms with E-state index in [1.165, 1.54) is 32.7 Å². The van der Waals surface area contributed by atoms with E-state index in [9.17, 15) is 4.79 Å². The average molecular weight is 200 g/mol. The molecule has 2 atom stereocenters. The number of likely N-dealkylation sites (N-methyl/N-ethyl adjacent to an activating group) is 1. The minimum Gasteiger partial charge on any atom is -0.460 e. The lowest BCUT2D eigenvalue weighted by Crippen LogP contribution is -2.55. The van der Waals surface area contributed by atoms with Crippen molar-refractivity contribution in [2.24, 2.45) is 0 Å². The Balaban J connectivity index is 2.35. The number of piperidine rings is 1. The number of nitrogens with zero attached hydrogens (tertiary/aromatic N) is 1. The molecular weight excluding hydrogens is 178 g/mol. The van der Waals surface area contributed by atoms with Crippen molar-refractivity contribution in [3.05, 3.63) is 0 Å². The lowest BCUT2D eigenvalue weighted by molar-refractivity contribution is -0.936. The van der Waals surface area contributed by atoms with Gasteiger partial charge in [0.1, 0.15) is 13.2 Å². The molecule has 0 aromatic rings. The summed E-state index contributed by atoms with van der Waals surface area (Å²) in [6, 6.07) is 0.708. The van der Waals surface area contributed by atoms with Gasteiger partial charge in [0.15, 0.2) is 0 Å². The molecule has 0 aliphatic carbocycles. The van der Waals surface area contributed by atoms with Crippen LogP contribution in [0.4, 0.5) is 0 Å². The third-order valence-electron chi connectivity index (χ3n) is 3.51. The molecule has 3 nitrogen and oxygen atoms in total. The number of carbonyl (C=O) groups excluding carboxylic acids is 1. The first-order chi connectivity index (χ1) is 6.54. The van der Waals surface area contributed by atoms with Gasteiger partial charge in [0, 0.05) is 6.92 Å². The minimum atomic E-state index is -0.165. The van der Waals surface area contributed by atoms with E-state index in [0.717, 1.165) is 11.0 Å². The summed E-state index contributed by atoms with van der Waals surface area (Å²) in [5.74, 6) is -0.165. The maximum atomic E-state index is 10.6. The largest absolute Gasteiger partial charge is 0.460 e. The second-order valence-electron chi connectivity index (χ2n) is 4.61. The highest BCUT2D eigenvalue weighted by Gasteiger charge is 2.31. The van der Waals surface area contributed by atoms with E-state index in [1.54, 1.807) is 0 Å². The van der Waals surface area contributed by atoms with Gasteiger partial charge in [-0.2, -0.15) is 0 Å². The molecule has 1 aliphatic heterocycles. The van der Waals surface area contributed by atoms with E-state index in [0.29, 0.717) is 12.6 Å². The van der Waals surface area contributed by atoms with Gasteiger partial charge in [0.05, 0.1) is 19.6 Å². The Morgan fingerprint density at radius 3 is 2.79 bits per heavy atom. The van der Waals surface area contributed by atoms with Crippen LogP contribution < -0.4 is 0 Å². The third kappa shape index (κ3) is 2.98. The van der Waals surface area contributed by atoms with Gasteiger partial charge >= 0.3 is 5.97 Å². The molecule has 0 bridgehead atoms. The molecule has 82 valence electrons. The predicted octanol–water partition coefficient (Wildman–Crippen LogP) is 1.57. The number of esters is 1. The maximum absolute atomic E-state index is 10.6. The Kier molecular flexibility index (Phi) is 3.93. The number of hydrogen-bond acceptors (Lipinski definition) is 2. The Morgan fingerprint density at radius 1 is 1.50 bits per heavy atom. The van der Waals surface area contributed by atoms with E-state index in [-0.39, 0.29) is 5.97 Å². The van der Waals surface area contributed by atoms with Crippen LogP contribution in [0.1, 0.15) is 33.1 Å². The lowest BCUT2D eigenvalue weighted by atomic mass is 10.0. The van der Waals surface area contributed by atoms with Gasteiger partial charge in [-0.15, -0.1) is 0 Å². The standard InChI is InChI=1S/C11H22NO2/c1-10-6-4-5-7-12(10,3)8-9-14-11(2)13/h10H,4-9H2,1-3H3/q+1. The van der Waals surface area contributed by atoms with Gasteiger partial charge in [0.2, 0.25) is 0 Å². The summed E-state index contributed by atoms with van der Waals surface area (Å²) < 4.78 is 6.07. The fourth-order valence-corrected chi connectivity index (χ4v) is 2.17. The average Bonchev–Trinajstić information content (AvgIpc) is 2.10. The summed E-state index contributed by atoms with van der Waals surface area (Å²) in [5, 5.41) is 0. The Labute approximate surface area is 86.6 Å². The third-order valence-corrected chi connectivity index (χ3v) is 3.51. The minimum absolute atomic E-state index is 0.165. The second kappa shape index (κ2) is 4.78. The summed E-state index contributed by atoms with van der Waals surface area (Å²) in [6.45, 7) is 6.52. The van der Waals surface area contributed by atoms with Crippen LogP contribution in [0.15, 0.2) is 0 Å². The van der Waals surface area contributed by atoms with Gasteiger partial charge < -0.3 is 9.22 Å². The van der Waals surface area contributed by atoms with E-state index in [2.05, 4.69) is 14.0 Å². The van der Waals surface area contributed by atoms with Crippen LogP contribution in [0.2, 0.25) is 0 Å². The molecule has 1 fully saturated rings. The summed E-state index contributed by atoms with van der Waals surface area (Å²) in [7, 11) is 2.27. The van der Waals surface area contributed by atoms with Crippen LogP contribution in [0.5, 0.6) is 0 Å². The maximum Gasteiger partial charge on any atom is 0.302 e. The SMILES string of the molecule is CC(=O)OCC[N+]1(C)CCCCC1C. The zero-order valence-electron chi connectivity index (χ0n) is 9.58. The molecule has 1 saturated heterocycles.